The van der Waals surface area contributed by atoms with Crippen LogP contribution in [0.4, 0.5) is 4.39 Å². The molecule has 1 aliphatic rings. The fourth-order valence-corrected chi connectivity index (χ4v) is 2.34. The molecule has 2 rings (SSSR count). The molecule has 1 aromatic rings. The Hall–Kier alpha value is -0.970. The van der Waals surface area contributed by atoms with Crippen molar-refractivity contribution in [1.29, 1.82) is 0 Å². The number of benzene rings is 1. The average molecular weight is 237 g/mol. The molecule has 2 N–H and O–H groups in total. The molecule has 17 heavy (non-hydrogen) atoms. The van der Waals surface area contributed by atoms with Gasteiger partial charge in [-0.3, -0.25) is 4.90 Å². The molecule has 1 fully saturated rings. The van der Waals surface area contributed by atoms with Gasteiger partial charge < -0.3 is 10.6 Å². The summed E-state index contributed by atoms with van der Waals surface area (Å²) in [4.78, 5) is 4.64. The van der Waals surface area contributed by atoms with E-state index in [9.17, 15) is 4.39 Å². The minimum absolute atomic E-state index is 0.138. The highest BCUT2D eigenvalue weighted by atomic mass is 19.1. The lowest BCUT2D eigenvalue weighted by Gasteiger charge is -2.37. The number of likely N-dealkylation sites (N-methyl/N-ethyl adjacent to an activating group) is 1. The number of nitrogens with two attached hydrogens (primary N) is 1. The van der Waals surface area contributed by atoms with E-state index in [1.54, 1.807) is 12.1 Å². The first-order valence-corrected chi connectivity index (χ1v) is 6.09. The summed E-state index contributed by atoms with van der Waals surface area (Å²) in [6.07, 6.45) is 0. The van der Waals surface area contributed by atoms with Gasteiger partial charge in [-0.25, -0.2) is 4.39 Å². The number of hydrogen-bond acceptors (Lipinski definition) is 3. The van der Waals surface area contributed by atoms with Crippen molar-refractivity contribution in [2.45, 2.75) is 6.04 Å². The van der Waals surface area contributed by atoms with Crippen LogP contribution in [0.5, 0.6) is 0 Å². The first-order chi connectivity index (χ1) is 8.20. The molecule has 0 aliphatic carbocycles. The molecule has 1 aliphatic heterocycles. The van der Waals surface area contributed by atoms with Gasteiger partial charge in [-0.2, -0.15) is 0 Å². The fourth-order valence-electron chi connectivity index (χ4n) is 2.34. The summed E-state index contributed by atoms with van der Waals surface area (Å²) in [6.45, 7) is 4.62. The summed E-state index contributed by atoms with van der Waals surface area (Å²) in [7, 11) is 2.12. The summed E-state index contributed by atoms with van der Waals surface area (Å²) in [5, 5.41) is 0. The Morgan fingerprint density at radius 3 is 2.59 bits per heavy atom. The van der Waals surface area contributed by atoms with E-state index >= 15 is 0 Å². The highest BCUT2D eigenvalue weighted by Gasteiger charge is 2.22. The molecule has 1 atom stereocenters. The second-order valence-corrected chi connectivity index (χ2v) is 4.65. The summed E-state index contributed by atoms with van der Waals surface area (Å²) in [5.41, 5.74) is 6.83. The molecule has 0 spiro atoms. The van der Waals surface area contributed by atoms with Gasteiger partial charge in [0.25, 0.3) is 0 Å². The van der Waals surface area contributed by atoms with Gasteiger partial charge in [-0.15, -0.1) is 0 Å². The topological polar surface area (TPSA) is 32.5 Å². The first kappa shape index (κ1) is 12.5. The van der Waals surface area contributed by atoms with Crippen LogP contribution in [0.3, 0.4) is 0 Å². The van der Waals surface area contributed by atoms with E-state index in [4.69, 9.17) is 5.73 Å². The van der Waals surface area contributed by atoms with Crippen LogP contribution in [0, 0.1) is 5.82 Å². The number of rotatable bonds is 3. The third-order valence-electron chi connectivity index (χ3n) is 3.44. The van der Waals surface area contributed by atoms with Crippen molar-refractivity contribution in [3.8, 4) is 0 Å². The Labute approximate surface area is 102 Å². The Kier molecular flexibility index (Phi) is 4.10. The Morgan fingerprint density at radius 2 is 2.00 bits per heavy atom. The highest BCUT2D eigenvalue weighted by Crippen LogP contribution is 2.21. The maximum absolute atomic E-state index is 13.2. The van der Waals surface area contributed by atoms with Gasteiger partial charge in [0.1, 0.15) is 5.82 Å². The maximum atomic E-state index is 13.2. The Morgan fingerprint density at radius 1 is 1.29 bits per heavy atom. The smallest absolute Gasteiger partial charge is 0.123 e. The number of halogens is 1. The zero-order valence-corrected chi connectivity index (χ0v) is 10.3. The molecule has 0 saturated carbocycles. The van der Waals surface area contributed by atoms with Gasteiger partial charge in [-0.1, -0.05) is 12.1 Å². The molecule has 0 amide bonds. The summed E-state index contributed by atoms with van der Waals surface area (Å²) < 4.78 is 13.2. The van der Waals surface area contributed by atoms with Gasteiger partial charge in [-0.05, 0) is 24.7 Å². The largest absolute Gasteiger partial charge is 0.329 e. The van der Waals surface area contributed by atoms with Gasteiger partial charge in [0.15, 0.2) is 0 Å². The SMILES string of the molecule is CN1CCN(C(CN)c2cccc(F)c2)CC1. The first-order valence-electron chi connectivity index (χ1n) is 6.09. The number of piperazine rings is 1. The van der Waals surface area contributed by atoms with Crippen molar-refractivity contribution in [1.82, 2.24) is 9.80 Å². The zero-order chi connectivity index (χ0) is 12.3. The van der Waals surface area contributed by atoms with Crippen LogP contribution in [0.15, 0.2) is 24.3 Å². The molecule has 94 valence electrons. The van der Waals surface area contributed by atoms with E-state index in [2.05, 4.69) is 16.8 Å². The minimum Gasteiger partial charge on any atom is -0.329 e. The average Bonchev–Trinajstić information content (AvgIpc) is 2.33. The monoisotopic (exact) mass is 237 g/mol. The molecule has 1 heterocycles. The van der Waals surface area contributed by atoms with Crippen molar-refractivity contribution < 1.29 is 4.39 Å². The second kappa shape index (κ2) is 5.58. The quantitative estimate of drug-likeness (QED) is 0.853. The molecule has 0 radical (unpaired) electrons. The molecule has 3 nitrogen and oxygen atoms in total. The van der Waals surface area contributed by atoms with Crippen LogP contribution < -0.4 is 5.73 Å². The standard InChI is InChI=1S/C13H20FN3/c1-16-5-7-17(8-6-16)13(10-15)11-3-2-4-12(14)9-11/h2-4,9,13H,5-8,10,15H2,1H3. The predicted molar refractivity (Wildman–Crippen MR) is 67.3 cm³/mol. The normalized spacial score (nSPS) is 20.4. The second-order valence-electron chi connectivity index (χ2n) is 4.65. The van der Waals surface area contributed by atoms with Crippen LogP contribution in [-0.2, 0) is 0 Å². The van der Waals surface area contributed by atoms with Crippen LogP contribution in [-0.4, -0.2) is 49.6 Å². The third kappa shape index (κ3) is 3.03. The van der Waals surface area contributed by atoms with E-state index < -0.39 is 0 Å². The van der Waals surface area contributed by atoms with Gasteiger partial charge >= 0.3 is 0 Å². The van der Waals surface area contributed by atoms with Crippen molar-refractivity contribution in [3.63, 3.8) is 0 Å². The van der Waals surface area contributed by atoms with Crippen LogP contribution in [0.1, 0.15) is 11.6 Å². The summed E-state index contributed by atoms with van der Waals surface area (Å²) in [5.74, 6) is -0.185. The van der Waals surface area contributed by atoms with Crippen LogP contribution in [0.2, 0.25) is 0 Å². The molecular weight excluding hydrogens is 217 g/mol. The van der Waals surface area contributed by atoms with Gasteiger partial charge in [0.2, 0.25) is 0 Å². The Balaban J connectivity index is 2.10. The molecule has 1 unspecified atom stereocenters. The lowest BCUT2D eigenvalue weighted by atomic mass is 10.0. The van der Waals surface area contributed by atoms with E-state index in [1.165, 1.54) is 6.07 Å². The van der Waals surface area contributed by atoms with Crippen molar-refractivity contribution in [2.75, 3.05) is 39.8 Å². The van der Waals surface area contributed by atoms with E-state index in [1.807, 2.05) is 6.07 Å². The summed E-state index contributed by atoms with van der Waals surface area (Å²) in [6, 6.07) is 6.92. The van der Waals surface area contributed by atoms with Gasteiger partial charge in [0.05, 0.1) is 0 Å². The summed E-state index contributed by atoms with van der Waals surface area (Å²) >= 11 is 0. The minimum atomic E-state index is -0.185. The van der Waals surface area contributed by atoms with Crippen molar-refractivity contribution in [2.24, 2.45) is 5.73 Å². The zero-order valence-electron chi connectivity index (χ0n) is 10.3. The van der Waals surface area contributed by atoms with Crippen molar-refractivity contribution >= 4 is 0 Å². The van der Waals surface area contributed by atoms with Crippen molar-refractivity contribution in [3.05, 3.63) is 35.6 Å². The van der Waals surface area contributed by atoms with Crippen LogP contribution in [0.25, 0.3) is 0 Å². The number of nitrogens with zero attached hydrogens (tertiary/aromatic N) is 2. The predicted octanol–water partition coefficient (Wildman–Crippen LogP) is 1.07. The van der Waals surface area contributed by atoms with Gasteiger partial charge in [0, 0.05) is 38.8 Å². The lowest BCUT2D eigenvalue weighted by molar-refractivity contribution is 0.114. The maximum Gasteiger partial charge on any atom is 0.123 e. The number of hydrogen-bond donors (Lipinski definition) is 1. The molecule has 0 aromatic heterocycles. The van der Waals surface area contributed by atoms with Crippen LogP contribution >= 0.6 is 0 Å². The highest BCUT2D eigenvalue weighted by molar-refractivity contribution is 5.20. The Bertz CT molecular complexity index is 361. The lowest BCUT2D eigenvalue weighted by Crippen LogP contribution is -2.47. The van der Waals surface area contributed by atoms with E-state index in [0.29, 0.717) is 6.54 Å². The molecule has 4 heteroatoms. The molecule has 1 saturated heterocycles. The molecule has 1 aromatic carbocycles. The van der Waals surface area contributed by atoms with E-state index in [0.717, 1.165) is 31.7 Å². The molecule has 0 bridgehead atoms. The van der Waals surface area contributed by atoms with E-state index in [-0.39, 0.29) is 11.9 Å². The third-order valence-corrected chi connectivity index (χ3v) is 3.44. The fraction of sp³-hybridized carbons (Fsp3) is 0.538. The molecular formula is C13H20FN3.